The normalized spacial score (nSPS) is 10.6. The third-order valence-corrected chi connectivity index (χ3v) is 1.78. The predicted octanol–water partition coefficient (Wildman–Crippen LogP) is 0.222. The number of nitrogens with zero attached hydrogens (tertiary/aromatic N) is 2. The van der Waals surface area contributed by atoms with Gasteiger partial charge in [0.25, 0.3) is 0 Å². The molecule has 0 aliphatic carbocycles. The molecule has 0 fully saturated rings. The van der Waals surface area contributed by atoms with Gasteiger partial charge in [0.2, 0.25) is 0 Å². The molecule has 0 rings (SSSR count). The number of rotatable bonds is 6. The van der Waals surface area contributed by atoms with Crippen LogP contribution in [0.25, 0.3) is 16.4 Å². The van der Waals surface area contributed by atoms with E-state index >= 15 is 0 Å². The van der Waals surface area contributed by atoms with Gasteiger partial charge in [-0.25, -0.2) is 0 Å². The molecule has 17 heavy (non-hydrogen) atoms. The number of carbonyl (C=O) groups excluding carboxylic acids is 3. The molecular formula is C8H11N3O4STc. The van der Waals surface area contributed by atoms with Crippen molar-refractivity contribution in [3.05, 3.63) is 16.4 Å². The van der Waals surface area contributed by atoms with Crippen molar-refractivity contribution in [3.63, 3.8) is 0 Å². The van der Waals surface area contributed by atoms with Gasteiger partial charge in [-0.3, -0.25) is 0 Å². The van der Waals surface area contributed by atoms with E-state index in [0.29, 0.717) is 0 Å². The molecule has 0 radical (unpaired) electrons. The molecule has 95 valence electrons. The van der Waals surface area contributed by atoms with Crippen molar-refractivity contribution in [3.8, 4) is 0 Å². The summed E-state index contributed by atoms with van der Waals surface area (Å²) in [7, 11) is 0. The summed E-state index contributed by atoms with van der Waals surface area (Å²) in [6.07, 6.45) is 0. The Bertz CT molecular complexity index is 277. The van der Waals surface area contributed by atoms with Gasteiger partial charge in [0.1, 0.15) is 5.78 Å². The van der Waals surface area contributed by atoms with E-state index in [-0.39, 0.29) is 11.5 Å². The van der Waals surface area contributed by atoms with E-state index in [1.807, 2.05) is 0 Å². The molecule has 0 bridgehead atoms. The molecule has 9 heteroatoms. The van der Waals surface area contributed by atoms with Gasteiger partial charge in [-0.15, -0.1) is 6.54 Å². The quantitative estimate of drug-likeness (QED) is 0.639. The van der Waals surface area contributed by atoms with E-state index in [1.54, 1.807) is 0 Å². The van der Waals surface area contributed by atoms with Crippen molar-refractivity contribution in [2.24, 2.45) is 0 Å². The molecule has 0 aliphatic heterocycles. The fourth-order valence-electron chi connectivity index (χ4n) is 0.672. The Kier molecular flexibility index (Phi) is 13.0. The number of hydrogen-bond donors (Lipinski definition) is 0. The third-order valence-electron chi connectivity index (χ3n) is 1.47. The zero-order valence-electron chi connectivity index (χ0n) is 9.01. The number of Topliss-reactive ketones (excluding diaryl/α,β-unsaturated/α-hetero) is 1. The Morgan fingerprint density at radius 1 is 1.29 bits per heavy atom. The zero-order valence-corrected chi connectivity index (χ0v) is 11.7. The molecule has 0 saturated heterocycles. The first-order valence-corrected chi connectivity index (χ1v) is 5.67. The Balaban J connectivity index is 0. The van der Waals surface area contributed by atoms with Crippen molar-refractivity contribution in [1.82, 2.24) is 0 Å². The van der Waals surface area contributed by atoms with Gasteiger partial charge < -0.3 is 43.4 Å². The number of nitrogens with one attached hydrogen (secondary N) is 1. The molecule has 0 aromatic carbocycles. The fourth-order valence-corrected chi connectivity index (χ4v) is 0.981. The van der Waals surface area contributed by atoms with Crippen molar-refractivity contribution >= 4 is 30.2 Å². The molecule has 2 amide bonds. The van der Waals surface area contributed by atoms with E-state index in [0.717, 1.165) is 18.9 Å². The van der Waals surface area contributed by atoms with Crippen LogP contribution >= 0.6 is 0 Å². The second-order valence-corrected chi connectivity index (χ2v) is 3.04. The first-order chi connectivity index (χ1) is 8.01. The van der Waals surface area contributed by atoms with Crippen LogP contribution in [0, 0.1) is 0 Å². The topological polar surface area (TPSA) is 120 Å². The van der Waals surface area contributed by atoms with Crippen LogP contribution in [0.1, 0.15) is 6.92 Å². The van der Waals surface area contributed by atoms with Crippen LogP contribution in [0.3, 0.4) is 0 Å². The maximum absolute atomic E-state index is 11.1. The van der Waals surface area contributed by atoms with E-state index in [9.17, 15) is 14.4 Å². The van der Waals surface area contributed by atoms with Gasteiger partial charge in [-0.2, -0.15) is 5.75 Å². The van der Waals surface area contributed by atoms with Crippen LogP contribution in [-0.4, -0.2) is 42.5 Å². The van der Waals surface area contributed by atoms with Crippen LogP contribution in [0.15, 0.2) is 0 Å². The van der Waals surface area contributed by atoms with E-state index in [1.165, 1.54) is 6.92 Å². The molecule has 1 atom stereocenters. The van der Waals surface area contributed by atoms with E-state index in [2.05, 4.69) is 23.3 Å². The molecular weight excluding hydrogens is 332 g/mol. The summed E-state index contributed by atoms with van der Waals surface area (Å²) in [5.74, 6) is -1.60. The van der Waals surface area contributed by atoms with Crippen molar-refractivity contribution in [2.75, 3.05) is 18.8 Å². The summed E-state index contributed by atoms with van der Waals surface area (Å²) in [5, 5.41) is 6.78. The molecule has 0 aromatic rings. The fraction of sp³-hybridized carbons (Fsp3) is 0.625. The Morgan fingerprint density at radius 3 is 2.18 bits per heavy atom. The second kappa shape index (κ2) is 11.8. The van der Waals surface area contributed by atoms with Crippen molar-refractivity contribution in [2.45, 2.75) is 13.0 Å². The summed E-state index contributed by atoms with van der Waals surface area (Å²) in [5.41, 5.74) is 6.64. The van der Waals surface area contributed by atoms with Crippen LogP contribution < -0.4 is 0 Å². The first-order valence-electron chi connectivity index (χ1n) is 4.33. The number of amides is 2. The first kappa shape index (κ1) is 18.7. The van der Waals surface area contributed by atoms with E-state index in [4.69, 9.17) is 9.24 Å². The van der Waals surface area contributed by atoms with Gasteiger partial charge in [-0.1, -0.05) is 12.6 Å². The molecule has 0 heterocycles. The Labute approximate surface area is 115 Å². The molecule has 1 N–H and O–H groups in total. The number of hydrogen-bond acceptors (Lipinski definition) is 5. The standard InChI is InChI=1S/C8H14N3O3S.O.Tc/c1-5(12)6(4-15)11-8(14)3-10-7(13)2-9;;/h6,9H,2-4H2,1H3,(H3,10,11,13,14,15);;/q-1;;+4/p-3. The van der Waals surface area contributed by atoms with Crippen LogP contribution in [0.4, 0.5) is 0 Å². The van der Waals surface area contributed by atoms with Gasteiger partial charge in [0.05, 0.1) is 0 Å². The molecule has 1 unspecified atom stereocenters. The van der Waals surface area contributed by atoms with Crippen LogP contribution in [0.5, 0.6) is 0 Å². The summed E-state index contributed by atoms with van der Waals surface area (Å²) >= 11 is 5.53. The summed E-state index contributed by atoms with van der Waals surface area (Å²) < 4.78 is 8.22. The maximum atomic E-state index is 11.1. The monoisotopic (exact) mass is 342 g/mol. The number of carbonyl (C=O) groups is 3. The third kappa shape index (κ3) is 10.3. The average molecular weight is 343 g/mol. The predicted molar refractivity (Wildman–Crippen MR) is 58.2 cm³/mol. The SMILES string of the molecule is CC(=O)C(C[S-])[N-]C(=O)C[N-]C(=O)C[NH-].[O]=[Tc+4]. The zero-order chi connectivity index (χ0) is 13.8. The van der Waals surface area contributed by atoms with E-state index < -0.39 is 30.9 Å². The molecule has 0 aliphatic rings. The Morgan fingerprint density at radius 2 is 1.82 bits per heavy atom. The summed E-state index contributed by atoms with van der Waals surface area (Å²) in [6.45, 7) is 0.376. The second-order valence-electron chi connectivity index (χ2n) is 2.70. The van der Waals surface area contributed by atoms with Crippen molar-refractivity contribution < 1.29 is 36.7 Å². The van der Waals surface area contributed by atoms with Gasteiger partial charge >= 0.3 is 22.4 Å². The molecule has 0 aromatic heterocycles. The van der Waals surface area contributed by atoms with Crippen LogP contribution in [-0.2, 0) is 49.4 Å². The minimum absolute atomic E-state index is 0.0352. The van der Waals surface area contributed by atoms with Crippen molar-refractivity contribution in [1.29, 1.82) is 0 Å². The van der Waals surface area contributed by atoms with Gasteiger partial charge in [0, 0.05) is 11.8 Å². The molecule has 0 spiro atoms. The molecule has 7 nitrogen and oxygen atoms in total. The van der Waals surface area contributed by atoms with Crippen LogP contribution in [0.2, 0.25) is 0 Å². The summed E-state index contributed by atoms with van der Waals surface area (Å²) in [4.78, 5) is 32.5. The number of ketones is 1. The van der Waals surface area contributed by atoms with Gasteiger partial charge in [0.15, 0.2) is 0 Å². The Hall–Kier alpha value is -0.631. The molecule has 0 saturated carbocycles. The average Bonchev–Trinajstić information content (AvgIpc) is 2.34. The summed E-state index contributed by atoms with van der Waals surface area (Å²) in [6, 6.07) is -0.825. The minimum atomic E-state index is -0.825. The van der Waals surface area contributed by atoms with Gasteiger partial charge in [-0.05, 0) is 6.92 Å².